The van der Waals surface area contributed by atoms with Crippen LogP contribution in [0.15, 0.2) is 45.3 Å². The van der Waals surface area contributed by atoms with Crippen molar-refractivity contribution in [1.29, 1.82) is 0 Å². The zero-order valence-electron chi connectivity index (χ0n) is 12.2. The van der Waals surface area contributed by atoms with Crippen LogP contribution >= 0.6 is 31.9 Å². The van der Waals surface area contributed by atoms with E-state index in [1.807, 2.05) is 6.07 Å². The Morgan fingerprint density at radius 1 is 1.10 bits per heavy atom. The van der Waals surface area contributed by atoms with Gasteiger partial charge >= 0.3 is 0 Å². The lowest BCUT2D eigenvalue weighted by atomic mass is 10.2. The molecule has 0 heterocycles. The molecule has 1 N–H and O–H groups in total. The number of rotatable bonds is 6. The summed E-state index contributed by atoms with van der Waals surface area (Å²) in [6, 6.07) is 12.5. The third-order valence-corrected chi connectivity index (χ3v) is 4.12. The van der Waals surface area contributed by atoms with Crippen LogP contribution < -0.4 is 10.1 Å². The number of benzene rings is 2. The van der Waals surface area contributed by atoms with Gasteiger partial charge in [0.15, 0.2) is 0 Å². The van der Waals surface area contributed by atoms with Crippen molar-refractivity contribution in [2.45, 2.75) is 26.8 Å². The number of halogens is 2. The highest BCUT2D eigenvalue weighted by Gasteiger charge is 2.10. The molecule has 0 unspecified atom stereocenters. The van der Waals surface area contributed by atoms with Gasteiger partial charge in [-0.2, -0.15) is 0 Å². The van der Waals surface area contributed by atoms with E-state index in [4.69, 9.17) is 4.74 Å². The summed E-state index contributed by atoms with van der Waals surface area (Å²) in [5.74, 6) is 0.916. The fourth-order valence-electron chi connectivity index (χ4n) is 1.98. The molecule has 2 nitrogen and oxygen atoms in total. The lowest BCUT2D eigenvalue weighted by Crippen LogP contribution is -2.05. The minimum absolute atomic E-state index is 0.720. The molecule has 0 aliphatic rings. The van der Waals surface area contributed by atoms with Crippen molar-refractivity contribution in [3.05, 3.63) is 56.5 Å². The number of nitrogens with one attached hydrogen (secondary N) is 1. The van der Waals surface area contributed by atoms with Crippen LogP contribution in [0.3, 0.4) is 0 Å². The van der Waals surface area contributed by atoms with Crippen LogP contribution in [0.5, 0.6) is 5.75 Å². The number of aryl methyl sites for hydroxylation is 1. The molecule has 0 bridgehead atoms. The molecule has 0 spiro atoms. The largest absolute Gasteiger partial charge is 0.492 e. The van der Waals surface area contributed by atoms with E-state index < -0.39 is 0 Å². The Morgan fingerprint density at radius 2 is 1.81 bits per heavy atom. The van der Waals surface area contributed by atoms with Crippen molar-refractivity contribution in [3.63, 3.8) is 0 Å². The van der Waals surface area contributed by atoms with Gasteiger partial charge in [-0.25, -0.2) is 0 Å². The lowest BCUT2D eigenvalue weighted by Gasteiger charge is -2.15. The van der Waals surface area contributed by atoms with Crippen LogP contribution in [0, 0.1) is 6.92 Å². The van der Waals surface area contributed by atoms with E-state index in [0.29, 0.717) is 0 Å². The summed E-state index contributed by atoms with van der Waals surface area (Å²) in [4.78, 5) is 0. The van der Waals surface area contributed by atoms with Crippen molar-refractivity contribution < 1.29 is 4.74 Å². The second-order valence-electron chi connectivity index (χ2n) is 4.94. The molecule has 21 heavy (non-hydrogen) atoms. The molecule has 2 rings (SSSR count). The van der Waals surface area contributed by atoms with Crippen molar-refractivity contribution in [2.75, 3.05) is 11.9 Å². The maximum atomic E-state index is 5.87. The molecule has 0 saturated heterocycles. The fourth-order valence-corrected chi connectivity index (χ4v) is 3.41. The summed E-state index contributed by atoms with van der Waals surface area (Å²) < 4.78 is 7.89. The molecular weight excluding hydrogens is 394 g/mol. The van der Waals surface area contributed by atoms with E-state index in [1.54, 1.807) is 0 Å². The first kappa shape index (κ1) is 16.4. The van der Waals surface area contributed by atoms with Gasteiger partial charge in [0.05, 0.1) is 11.1 Å². The highest BCUT2D eigenvalue weighted by molar-refractivity contribution is 9.11. The minimum Gasteiger partial charge on any atom is -0.492 e. The molecule has 0 atom stereocenters. The maximum Gasteiger partial charge on any atom is 0.138 e. The Morgan fingerprint density at radius 3 is 2.48 bits per heavy atom. The number of anilines is 1. The SMILES string of the molecule is CCCOc1c(Br)cc(Br)cc1CNc1ccc(C)cc1. The third-order valence-electron chi connectivity index (χ3n) is 3.07. The van der Waals surface area contributed by atoms with Gasteiger partial charge in [-0.3, -0.25) is 0 Å². The Hall–Kier alpha value is -1.00. The van der Waals surface area contributed by atoms with Crippen molar-refractivity contribution in [1.82, 2.24) is 0 Å². The smallest absolute Gasteiger partial charge is 0.138 e. The van der Waals surface area contributed by atoms with E-state index >= 15 is 0 Å². The molecule has 0 aromatic heterocycles. The van der Waals surface area contributed by atoms with Crippen LogP contribution in [0.1, 0.15) is 24.5 Å². The predicted molar refractivity (Wildman–Crippen MR) is 96.1 cm³/mol. The minimum atomic E-state index is 0.720. The van der Waals surface area contributed by atoms with Gasteiger partial charge in [-0.05, 0) is 53.5 Å². The molecule has 4 heteroatoms. The summed E-state index contributed by atoms with van der Waals surface area (Å²) in [5, 5.41) is 3.44. The monoisotopic (exact) mass is 411 g/mol. The number of hydrogen-bond acceptors (Lipinski definition) is 2. The van der Waals surface area contributed by atoms with E-state index in [9.17, 15) is 0 Å². The van der Waals surface area contributed by atoms with Crippen LogP contribution in [-0.2, 0) is 6.54 Å². The second kappa shape index (κ2) is 7.85. The average Bonchev–Trinajstić information content (AvgIpc) is 2.45. The molecule has 0 aliphatic carbocycles. The second-order valence-corrected chi connectivity index (χ2v) is 6.71. The molecule has 0 aliphatic heterocycles. The predicted octanol–water partition coefficient (Wildman–Crippen LogP) is 5.92. The summed E-state index contributed by atoms with van der Waals surface area (Å²) in [6.45, 7) is 5.64. The van der Waals surface area contributed by atoms with E-state index in [2.05, 4.69) is 81.4 Å². The van der Waals surface area contributed by atoms with E-state index in [1.165, 1.54) is 5.56 Å². The average molecular weight is 413 g/mol. The first-order valence-electron chi connectivity index (χ1n) is 7.01. The fraction of sp³-hybridized carbons (Fsp3) is 0.294. The molecule has 0 radical (unpaired) electrons. The highest BCUT2D eigenvalue weighted by atomic mass is 79.9. The zero-order valence-corrected chi connectivity index (χ0v) is 15.4. The van der Waals surface area contributed by atoms with Crippen LogP contribution in [0.4, 0.5) is 5.69 Å². The molecule has 2 aromatic carbocycles. The first-order valence-corrected chi connectivity index (χ1v) is 8.60. The van der Waals surface area contributed by atoms with Gasteiger partial charge in [0, 0.05) is 22.3 Å². The maximum absolute atomic E-state index is 5.87. The van der Waals surface area contributed by atoms with Gasteiger partial charge < -0.3 is 10.1 Å². The Labute approximate surface area is 143 Å². The standard InChI is InChI=1S/C17H19Br2NO/c1-3-8-21-17-13(9-14(18)10-16(17)19)11-20-15-6-4-12(2)5-7-15/h4-7,9-10,20H,3,8,11H2,1-2H3. The first-order chi connectivity index (χ1) is 10.1. The molecule has 0 saturated carbocycles. The Kier molecular flexibility index (Phi) is 6.12. The van der Waals surface area contributed by atoms with Gasteiger partial charge in [-0.1, -0.05) is 40.5 Å². The molecule has 0 amide bonds. The summed E-state index contributed by atoms with van der Waals surface area (Å²) in [6.07, 6.45) is 0.993. The Balaban J connectivity index is 2.15. The summed E-state index contributed by atoms with van der Waals surface area (Å²) in [7, 11) is 0. The zero-order chi connectivity index (χ0) is 15.2. The van der Waals surface area contributed by atoms with Crippen molar-refractivity contribution in [3.8, 4) is 5.75 Å². The van der Waals surface area contributed by atoms with Gasteiger partial charge in [0.1, 0.15) is 5.75 Å². The quantitative estimate of drug-likeness (QED) is 0.635. The van der Waals surface area contributed by atoms with Crippen molar-refractivity contribution in [2.24, 2.45) is 0 Å². The summed E-state index contributed by atoms with van der Waals surface area (Å²) in [5.41, 5.74) is 3.50. The molecule has 2 aromatic rings. The molecular formula is C17H19Br2NO. The van der Waals surface area contributed by atoms with Crippen LogP contribution in [0.25, 0.3) is 0 Å². The third kappa shape index (κ3) is 4.75. The van der Waals surface area contributed by atoms with Crippen LogP contribution in [0.2, 0.25) is 0 Å². The number of ether oxygens (including phenoxy) is 1. The van der Waals surface area contributed by atoms with Gasteiger partial charge in [0.25, 0.3) is 0 Å². The van der Waals surface area contributed by atoms with Gasteiger partial charge in [0.2, 0.25) is 0 Å². The normalized spacial score (nSPS) is 10.5. The van der Waals surface area contributed by atoms with Crippen LogP contribution in [-0.4, -0.2) is 6.61 Å². The summed E-state index contributed by atoms with van der Waals surface area (Å²) >= 11 is 7.12. The topological polar surface area (TPSA) is 21.3 Å². The van der Waals surface area contributed by atoms with Gasteiger partial charge in [-0.15, -0.1) is 0 Å². The molecule has 0 fully saturated rings. The highest BCUT2D eigenvalue weighted by Crippen LogP contribution is 2.33. The van der Waals surface area contributed by atoms with Crippen molar-refractivity contribution >= 4 is 37.5 Å². The molecule has 112 valence electrons. The Bertz CT molecular complexity index is 596. The number of hydrogen-bond donors (Lipinski definition) is 1. The van der Waals surface area contributed by atoms with E-state index in [0.717, 1.165) is 45.5 Å². The van der Waals surface area contributed by atoms with E-state index in [-0.39, 0.29) is 0 Å². The lowest BCUT2D eigenvalue weighted by molar-refractivity contribution is 0.312.